The highest BCUT2D eigenvalue weighted by molar-refractivity contribution is 6.07. The number of carbonyl (C=O) groups excluding carboxylic acids is 2. The van der Waals surface area contributed by atoms with Gasteiger partial charge in [-0.3, -0.25) is 0 Å². The molecule has 2 rings (SSSR count). The molecule has 2 aliphatic rings. The minimum Gasteiger partial charge on any atom is -0.465 e. The van der Waals surface area contributed by atoms with Crippen LogP contribution in [0, 0.1) is 0 Å². The number of hydrogen-bond donors (Lipinski definition) is 0. The summed E-state index contributed by atoms with van der Waals surface area (Å²) in [6.45, 7) is 5.85. The van der Waals surface area contributed by atoms with Crippen molar-refractivity contribution in [3.63, 3.8) is 0 Å². The molecule has 4 heteroatoms. The molecule has 120 valence electrons. The van der Waals surface area contributed by atoms with Gasteiger partial charge >= 0.3 is 11.9 Å². The largest absolute Gasteiger partial charge is 0.465 e. The summed E-state index contributed by atoms with van der Waals surface area (Å²) in [6.07, 6.45) is 9.28. The monoisotopic (exact) mass is 312 g/mol. The van der Waals surface area contributed by atoms with E-state index in [1.165, 1.54) is 14.2 Å². The van der Waals surface area contributed by atoms with Crippen LogP contribution in [-0.2, 0) is 19.1 Å². The summed E-state index contributed by atoms with van der Waals surface area (Å²) in [6, 6.07) is 0. The Morgan fingerprint density at radius 2 is 1.43 bits per heavy atom. The lowest BCUT2D eigenvalue weighted by Gasteiger charge is -2.18. The standard InChI is InChI=1S/C19H20O4/c1-11-7-6-8-12(2)16-15(11)13(3)9-10-14(18(20)22-4)17(16)19(21)23-5/h6-10H,1-5H3. The Balaban J connectivity index is 2.91. The quantitative estimate of drug-likeness (QED) is 0.734. The van der Waals surface area contributed by atoms with Crippen molar-refractivity contribution in [3.05, 3.63) is 69.4 Å². The Bertz CT molecular complexity index is 752. The zero-order chi connectivity index (χ0) is 17.1. The topological polar surface area (TPSA) is 52.6 Å². The molecule has 0 fully saturated rings. The Hall–Kier alpha value is -2.62. The highest BCUT2D eigenvalue weighted by atomic mass is 16.5. The van der Waals surface area contributed by atoms with Crippen molar-refractivity contribution in [2.24, 2.45) is 0 Å². The first-order valence-electron chi connectivity index (χ1n) is 7.29. The Labute approximate surface area is 136 Å². The first-order chi connectivity index (χ1) is 10.9. The molecule has 0 bridgehead atoms. The summed E-state index contributed by atoms with van der Waals surface area (Å²) >= 11 is 0. The summed E-state index contributed by atoms with van der Waals surface area (Å²) in [7, 11) is 2.60. The van der Waals surface area contributed by atoms with Crippen molar-refractivity contribution in [1.82, 2.24) is 0 Å². The van der Waals surface area contributed by atoms with Crippen molar-refractivity contribution in [1.29, 1.82) is 0 Å². The Morgan fingerprint density at radius 1 is 0.826 bits per heavy atom. The second kappa shape index (κ2) is 6.65. The van der Waals surface area contributed by atoms with Gasteiger partial charge in [-0.15, -0.1) is 0 Å². The van der Waals surface area contributed by atoms with Crippen LogP contribution in [0.3, 0.4) is 0 Å². The minimum absolute atomic E-state index is 0.200. The molecule has 0 unspecified atom stereocenters. The van der Waals surface area contributed by atoms with Crippen molar-refractivity contribution >= 4 is 11.9 Å². The van der Waals surface area contributed by atoms with E-state index in [0.717, 1.165) is 22.3 Å². The lowest BCUT2D eigenvalue weighted by Crippen LogP contribution is -2.16. The molecule has 0 N–H and O–H groups in total. The van der Waals surface area contributed by atoms with E-state index < -0.39 is 11.9 Å². The van der Waals surface area contributed by atoms with E-state index in [-0.39, 0.29) is 11.1 Å². The molecule has 0 heterocycles. The van der Waals surface area contributed by atoms with Crippen LogP contribution >= 0.6 is 0 Å². The maximum absolute atomic E-state index is 12.5. The second-order valence-corrected chi connectivity index (χ2v) is 5.43. The van der Waals surface area contributed by atoms with Crippen LogP contribution in [0.2, 0.25) is 0 Å². The molecular weight excluding hydrogens is 292 g/mol. The van der Waals surface area contributed by atoms with Crippen LogP contribution in [0.1, 0.15) is 20.8 Å². The lowest BCUT2D eigenvalue weighted by molar-refractivity contribution is -0.138. The zero-order valence-corrected chi connectivity index (χ0v) is 14.0. The van der Waals surface area contributed by atoms with E-state index in [9.17, 15) is 9.59 Å². The number of rotatable bonds is 2. The molecule has 0 aromatic heterocycles. The summed E-state index contributed by atoms with van der Waals surface area (Å²) in [5.41, 5.74) is 4.95. The normalized spacial score (nSPS) is 17.5. The smallest absolute Gasteiger partial charge is 0.339 e. The van der Waals surface area contributed by atoms with Crippen molar-refractivity contribution in [2.45, 2.75) is 20.8 Å². The van der Waals surface area contributed by atoms with Gasteiger partial charge in [-0.05, 0) is 49.1 Å². The van der Waals surface area contributed by atoms with Crippen LogP contribution < -0.4 is 0 Å². The molecule has 0 aromatic carbocycles. The van der Waals surface area contributed by atoms with Gasteiger partial charge in [-0.2, -0.15) is 0 Å². The molecule has 0 saturated carbocycles. The first-order valence-corrected chi connectivity index (χ1v) is 7.29. The molecule has 0 atom stereocenters. The van der Waals surface area contributed by atoms with Crippen molar-refractivity contribution in [3.8, 4) is 0 Å². The number of ether oxygens (including phenoxy) is 2. The minimum atomic E-state index is -0.564. The fourth-order valence-corrected chi connectivity index (χ4v) is 2.83. The molecule has 0 aromatic rings. The van der Waals surface area contributed by atoms with Crippen LogP contribution in [0.5, 0.6) is 0 Å². The maximum Gasteiger partial charge on any atom is 0.339 e. The summed E-state index contributed by atoms with van der Waals surface area (Å²) < 4.78 is 9.79. The molecule has 0 aliphatic heterocycles. The predicted octanol–water partition coefficient (Wildman–Crippen LogP) is 3.35. The van der Waals surface area contributed by atoms with Gasteiger partial charge < -0.3 is 9.47 Å². The summed E-state index contributed by atoms with van der Waals surface area (Å²) in [5, 5.41) is 0. The van der Waals surface area contributed by atoms with E-state index >= 15 is 0 Å². The molecule has 0 amide bonds. The van der Waals surface area contributed by atoms with Crippen LogP contribution in [0.4, 0.5) is 0 Å². The third-order valence-corrected chi connectivity index (χ3v) is 3.94. The number of methoxy groups -OCH3 is 2. The van der Waals surface area contributed by atoms with E-state index in [0.29, 0.717) is 5.57 Å². The van der Waals surface area contributed by atoms with E-state index in [2.05, 4.69) is 0 Å². The van der Waals surface area contributed by atoms with Crippen LogP contribution in [0.25, 0.3) is 0 Å². The summed E-state index contributed by atoms with van der Waals surface area (Å²) in [5.74, 6) is -1.12. The fraction of sp³-hybridized carbons (Fsp3) is 0.263. The number of fused-ring (bicyclic) bond motifs is 1. The van der Waals surface area contributed by atoms with Crippen LogP contribution in [0.15, 0.2) is 69.4 Å². The molecule has 0 radical (unpaired) electrons. The molecule has 4 nitrogen and oxygen atoms in total. The van der Waals surface area contributed by atoms with Gasteiger partial charge in [0.15, 0.2) is 0 Å². The maximum atomic E-state index is 12.5. The Morgan fingerprint density at radius 3 is 2.04 bits per heavy atom. The molecule has 0 spiro atoms. The Kier molecular flexibility index (Phi) is 4.84. The third-order valence-electron chi connectivity index (χ3n) is 3.94. The van der Waals surface area contributed by atoms with Crippen molar-refractivity contribution in [2.75, 3.05) is 14.2 Å². The third kappa shape index (κ3) is 2.97. The SMILES string of the molecule is COC(=O)C1=C(C(=O)OC)C2=C(C)C=CC=C(C)C2=C(C)C=C1. The molecule has 2 aliphatic carbocycles. The van der Waals surface area contributed by atoms with Gasteiger partial charge in [0.1, 0.15) is 0 Å². The number of hydrogen-bond acceptors (Lipinski definition) is 4. The number of allylic oxidation sites excluding steroid dienone is 8. The van der Waals surface area contributed by atoms with Crippen molar-refractivity contribution < 1.29 is 19.1 Å². The average Bonchev–Trinajstić information content (AvgIpc) is 2.78. The number of carbonyl (C=O) groups is 2. The van der Waals surface area contributed by atoms with E-state index in [1.54, 1.807) is 6.08 Å². The van der Waals surface area contributed by atoms with Gasteiger partial charge in [-0.25, -0.2) is 9.59 Å². The van der Waals surface area contributed by atoms with Crippen LogP contribution in [-0.4, -0.2) is 26.2 Å². The summed E-state index contributed by atoms with van der Waals surface area (Å²) in [4.78, 5) is 24.6. The van der Waals surface area contributed by atoms with Gasteiger partial charge in [0.05, 0.1) is 25.4 Å². The predicted molar refractivity (Wildman–Crippen MR) is 88.5 cm³/mol. The zero-order valence-electron chi connectivity index (χ0n) is 14.0. The molecule has 23 heavy (non-hydrogen) atoms. The average molecular weight is 312 g/mol. The second-order valence-electron chi connectivity index (χ2n) is 5.43. The van der Waals surface area contributed by atoms with E-state index in [1.807, 2.05) is 45.1 Å². The van der Waals surface area contributed by atoms with Gasteiger partial charge in [0, 0.05) is 5.57 Å². The number of esters is 2. The fourth-order valence-electron chi connectivity index (χ4n) is 2.83. The highest BCUT2D eigenvalue weighted by Crippen LogP contribution is 2.38. The molecule has 0 saturated heterocycles. The van der Waals surface area contributed by atoms with Gasteiger partial charge in [0.2, 0.25) is 0 Å². The first kappa shape index (κ1) is 16.7. The van der Waals surface area contributed by atoms with E-state index in [4.69, 9.17) is 9.47 Å². The molecular formula is C19H20O4. The highest BCUT2D eigenvalue weighted by Gasteiger charge is 2.30. The van der Waals surface area contributed by atoms with Gasteiger partial charge in [0.25, 0.3) is 0 Å². The lowest BCUT2D eigenvalue weighted by atomic mass is 9.86. The van der Waals surface area contributed by atoms with Gasteiger partial charge in [-0.1, -0.05) is 24.3 Å².